The Morgan fingerprint density at radius 1 is 1.26 bits per heavy atom. The van der Waals surface area contributed by atoms with Crippen LogP contribution in [0.1, 0.15) is 37.3 Å². The molecule has 0 unspecified atom stereocenters. The van der Waals surface area contributed by atoms with Gasteiger partial charge in [-0.1, -0.05) is 12.1 Å². The van der Waals surface area contributed by atoms with Crippen molar-refractivity contribution in [2.45, 2.75) is 38.5 Å². The highest BCUT2D eigenvalue weighted by Gasteiger charge is 2.53. The first-order chi connectivity index (χ1) is 11.0. The number of nitrogens with zero attached hydrogens (tertiary/aromatic N) is 1. The zero-order chi connectivity index (χ0) is 17.0. The summed E-state index contributed by atoms with van der Waals surface area (Å²) in [6.07, 6.45) is 1.91. The lowest BCUT2D eigenvalue weighted by Crippen LogP contribution is -2.40. The maximum Gasteiger partial charge on any atom is 0.307 e. The topological polar surface area (TPSA) is 55.8 Å². The Bertz CT molecular complexity index is 593. The molecule has 0 N–H and O–H groups in total. The van der Waals surface area contributed by atoms with Crippen LogP contribution in [0, 0.1) is 6.92 Å². The van der Waals surface area contributed by atoms with E-state index in [4.69, 9.17) is 4.74 Å². The van der Waals surface area contributed by atoms with Gasteiger partial charge in [-0.3, -0.25) is 9.59 Å². The van der Waals surface area contributed by atoms with Crippen LogP contribution in [0.25, 0.3) is 0 Å². The third-order valence-corrected chi connectivity index (χ3v) is 4.60. The number of rotatable bonds is 7. The molecule has 1 aliphatic carbocycles. The van der Waals surface area contributed by atoms with Crippen molar-refractivity contribution in [3.05, 3.63) is 29.3 Å². The van der Waals surface area contributed by atoms with Crippen molar-refractivity contribution >= 4 is 11.9 Å². The molecule has 0 radical (unpaired) electrons. The molecule has 0 heterocycles. The highest BCUT2D eigenvalue weighted by Crippen LogP contribution is 2.50. The Morgan fingerprint density at radius 2 is 1.96 bits per heavy atom. The van der Waals surface area contributed by atoms with Crippen molar-refractivity contribution in [3.63, 3.8) is 0 Å². The van der Waals surface area contributed by atoms with E-state index in [0.29, 0.717) is 13.1 Å². The lowest BCUT2D eigenvalue weighted by molar-refractivity contribution is -0.142. The molecule has 5 heteroatoms. The van der Waals surface area contributed by atoms with E-state index in [2.05, 4.69) is 4.74 Å². The number of esters is 1. The van der Waals surface area contributed by atoms with Gasteiger partial charge in [0.15, 0.2) is 0 Å². The molecule has 0 aliphatic heterocycles. The van der Waals surface area contributed by atoms with Gasteiger partial charge in [-0.2, -0.15) is 0 Å². The molecule has 0 spiro atoms. The summed E-state index contributed by atoms with van der Waals surface area (Å²) < 4.78 is 10.0. The molecule has 1 fully saturated rings. The number of amides is 1. The van der Waals surface area contributed by atoms with E-state index in [1.54, 1.807) is 12.0 Å². The lowest BCUT2D eigenvalue weighted by atomic mass is 9.93. The van der Waals surface area contributed by atoms with E-state index in [0.717, 1.165) is 29.7 Å². The fourth-order valence-corrected chi connectivity index (χ4v) is 2.90. The number of ether oxygens (including phenoxy) is 2. The molecule has 1 aliphatic rings. The molecule has 1 amide bonds. The quantitative estimate of drug-likeness (QED) is 0.724. The molecule has 5 nitrogen and oxygen atoms in total. The summed E-state index contributed by atoms with van der Waals surface area (Å²) in [5.41, 5.74) is 1.60. The summed E-state index contributed by atoms with van der Waals surface area (Å²) in [6.45, 7) is 4.90. The second-order valence-electron chi connectivity index (χ2n) is 5.98. The van der Waals surface area contributed by atoms with E-state index in [1.807, 2.05) is 32.0 Å². The Balaban J connectivity index is 2.18. The van der Waals surface area contributed by atoms with Crippen LogP contribution in [0.4, 0.5) is 0 Å². The van der Waals surface area contributed by atoms with Crippen molar-refractivity contribution in [2.24, 2.45) is 0 Å². The predicted octanol–water partition coefficient (Wildman–Crippen LogP) is 2.45. The number of hydrogen-bond donors (Lipinski definition) is 0. The number of carbonyl (C=O) groups excluding carboxylic acids is 2. The van der Waals surface area contributed by atoms with Crippen LogP contribution in [0.2, 0.25) is 0 Å². The zero-order valence-electron chi connectivity index (χ0n) is 14.3. The van der Waals surface area contributed by atoms with Crippen molar-refractivity contribution in [1.82, 2.24) is 4.90 Å². The summed E-state index contributed by atoms with van der Waals surface area (Å²) in [7, 11) is 3.00. The Kier molecular flexibility index (Phi) is 5.29. The number of likely N-dealkylation sites (N-methyl/N-ethyl adjacent to an activating group) is 1. The highest BCUT2D eigenvalue weighted by molar-refractivity contribution is 5.91. The molecule has 1 saturated carbocycles. The first-order valence-corrected chi connectivity index (χ1v) is 7.99. The minimum absolute atomic E-state index is 0.0924. The van der Waals surface area contributed by atoms with E-state index >= 15 is 0 Å². The molecule has 126 valence electrons. The van der Waals surface area contributed by atoms with Gasteiger partial charge in [-0.25, -0.2) is 0 Å². The minimum Gasteiger partial charge on any atom is -0.496 e. The molecule has 0 atom stereocenters. The second kappa shape index (κ2) is 7.02. The summed E-state index contributed by atoms with van der Waals surface area (Å²) in [6, 6.07) is 5.97. The number of aryl methyl sites for hydroxylation is 1. The number of hydrogen-bond acceptors (Lipinski definition) is 4. The molecular weight excluding hydrogens is 294 g/mol. The minimum atomic E-state index is -0.451. The first kappa shape index (κ1) is 17.3. The smallest absolute Gasteiger partial charge is 0.307 e. The van der Waals surface area contributed by atoms with Gasteiger partial charge in [0.1, 0.15) is 5.75 Å². The van der Waals surface area contributed by atoms with E-state index in [9.17, 15) is 9.59 Å². The standard InChI is InChI=1S/C18H25NO4/c1-5-19(11-8-16(20)23-4)17(21)18(9-10-18)14-7-6-13(2)15(12-14)22-3/h6-7,12H,5,8-11H2,1-4H3. The average molecular weight is 319 g/mol. The van der Waals surface area contributed by atoms with Crippen LogP contribution < -0.4 is 4.74 Å². The summed E-state index contributed by atoms with van der Waals surface area (Å²) in [5, 5.41) is 0. The van der Waals surface area contributed by atoms with Gasteiger partial charge in [0, 0.05) is 13.1 Å². The van der Waals surface area contributed by atoms with Gasteiger partial charge in [0.25, 0.3) is 0 Å². The van der Waals surface area contributed by atoms with Gasteiger partial charge < -0.3 is 14.4 Å². The molecule has 23 heavy (non-hydrogen) atoms. The normalized spacial score (nSPS) is 15.0. The van der Waals surface area contributed by atoms with Crippen LogP contribution in [-0.4, -0.2) is 44.1 Å². The maximum absolute atomic E-state index is 13.0. The summed E-state index contributed by atoms with van der Waals surface area (Å²) >= 11 is 0. The van der Waals surface area contributed by atoms with Crippen LogP contribution in [-0.2, 0) is 19.7 Å². The monoisotopic (exact) mass is 319 g/mol. The van der Waals surface area contributed by atoms with Crippen molar-refractivity contribution < 1.29 is 19.1 Å². The van der Waals surface area contributed by atoms with Crippen molar-refractivity contribution in [3.8, 4) is 5.75 Å². The fraction of sp³-hybridized carbons (Fsp3) is 0.556. The Hall–Kier alpha value is -2.04. The Labute approximate surface area is 137 Å². The molecule has 0 saturated heterocycles. The van der Waals surface area contributed by atoms with Gasteiger partial charge in [-0.05, 0) is 43.9 Å². The van der Waals surface area contributed by atoms with Crippen LogP contribution >= 0.6 is 0 Å². The van der Waals surface area contributed by atoms with Crippen molar-refractivity contribution in [2.75, 3.05) is 27.3 Å². The third kappa shape index (κ3) is 3.49. The third-order valence-electron chi connectivity index (χ3n) is 4.60. The molecule has 1 aromatic carbocycles. The van der Waals surface area contributed by atoms with Gasteiger partial charge in [-0.15, -0.1) is 0 Å². The first-order valence-electron chi connectivity index (χ1n) is 7.99. The van der Waals surface area contributed by atoms with E-state index in [1.165, 1.54) is 7.11 Å². The average Bonchev–Trinajstić information content (AvgIpc) is 3.37. The summed E-state index contributed by atoms with van der Waals surface area (Å²) in [4.78, 5) is 26.1. The van der Waals surface area contributed by atoms with Crippen LogP contribution in [0.3, 0.4) is 0 Å². The SMILES string of the molecule is CCN(CCC(=O)OC)C(=O)C1(c2ccc(C)c(OC)c2)CC1. The number of benzene rings is 1. The molecular formula is C18H25NO4. The second-order valence-corrected chi connectivity index (χ2v) is 5.98. The molecule has 1 aromatic rings. The maximum atomic E-state index is 13.0. The predicted molar refractivity (Wildman–Crippen MR) is 87.5 cm³/mol. The van der Waals surface area contributed by atoms with Gasteiger partial charge >= 0.3 is 5.97 Å². The summed E-state index contributed by atoms with van der Waals surface area (Å²) in [5.74, 6) is 0.604. The van der Waals surface area contributed by atoms with Crippen LogP contribution in [0.5, 0.6) is 5.75 Å². The largest absolute Gasteiger partial charge is 0.496 e. The number of carbonyl (C=O) groups is 2. The molecule has 0 bridgehead atoms. The van der Waals surface area contributed by atoms with Crippen LogP contribution in [0.15, 0.2) is 18.2 Å². The van der Waals surface area contributed by atoms with E-state index < -0.39 is 5.41 Å². The fourth-order valence-electron chi connectivity index (χ4n) is 2.90. The highest BCUT2D eigenvalue weighted by atomic mass is 16.5. The van der Waals surface area contributed by atoms with Gasteiger partial charge in [0.2, 0.25) is 5.91 Å². The van der Waals surface area contributed by atoms with Gasteiger partial charge in [0.05, 0.1) is 26.1 Å². The zero-order valence-corrected chi connectivity index (χ0v) is 14.3. The van der Waals surface area contributed by atoms with E-state index in [-0.39, 0.29) is 18.3 Å². The Morgan fingerprint density at radius 3 is 2.48 bits per heavy atom. The molecule has 2 rings (SSSR count). The lowest BCUT2D eigenvalue weighted by Gasteiger charge is -2.26. The molecule has 0 aromatic heterocycles. The number of methoxy groups -OCH3 is 2. The van der Waals surface area contributed by atoms with Crippen molar-refractivity contribution in [1.29, 1.82) is 0 Å².